The highest BCUT2D eigenvalue weighted by atomic mass is 32.2. The van der Waals surface area contributed by atoms with Gasteiger partial charge in [0.1, 0.15) is 5.82 Å². The molecule has 5 heteroatoms. The Bertz CT molecular complexity index is 323. The molecule has 0 aliphatic carbocycles. The third kappa shape index (κ3) is 4.83. The van der Waals surface area contributed by atoms with Gasteiger partial charge in [0.15, 0.2) is 0 Å². The second-order valence-electron chi connectivity index (χ2n) is 3.14. The Morgan fingerprint density at radius 1 is 1.31 bits per heavy atom. The number of ether oxygens (including phenoxy) is 2. The van der Waals surface area contributed by atoms with Gasteiger partial charge in [-0.05, 0) is 18.2 Å². The Morgan fingerprint density at radius 2 is 2.12 bits per heavy atom. The van der Waals surface area contributed by atoms with Gasteiger partial charge in [0, 0.05) is 23.4 Å². The van der Waals surface area contributed by atoms with Crippen molar-refractivity contribution in [3.05, 3.63) is 24.0 Å². The van der Waals surface area contributed by atoms with Gasteiger partial charge in [-0.2, -0.15) is 0 Å². The lowest BCUT2D eigenvalue weighted by Gasteiger charge is -2.06. The molecular formula is C11H16FNO2S. The maximum absolute atomic E-state index is 12.9. The molecule has 0 amide bonds. The van der Waals surface area contributed by atoms with Gasteiger partial charge in [0.2, 0.25) is 0 Å². The molecular weight excluding hydrogens is 229 g/mol. The molecule has 0 aliphatic rings. The Hall–Kier alpha value is -0.780. The quantitative estimate of drug-likeness (QED) is 0.454. The number of rotatable bonds is 7. The first-order chi connectivity index (χ1) is 7.74. The van der Waals surface area contributed by atoms with Gasteiger partial charge < -0.3 is 15.2 Å². The average Bonchev–Trinajstić information content (AvgIpc) is 2.28. The molecule has 16 heavy (non-hydrogen) atoms. The zero-order valence-corrected chi connectivity index (χ0v) is 10.1. The van der Waals surface area contributed by atoms with E-state index in [4.69, 9.17) is 15.2 Å². The van der Waals surface area contributed by atoms with Gasteiger partial charge >= 0.3 is 0 Å². The molecule has 0 heterocycles. The third-order valence-electron chi connectivity index (χ3n) is 1.89. The second-order valence-corrected chi connectivity index (χ2v) is 4.27. The molecule has 0 fully saturated rings. The predicted molar refractivity (Wildman–Crippen MR) is 64.2 cm³/mol. The monoisotopic (exact) mass is 245 g/mol. The second kappa shape index (κ2) is 7.49. The lowest BCUT2D eigenvalue weighted by molar-refractivity contribution is 0.0790. The number of hydrogen-bond acceptors (Lipinski definition) is 4. The Kier molecular flexibility index (Phi) is 6.22. The molecule has 3 nitrogen and oxygen atoms in total. The fraction of sp³-hybridized carbons (Fsp3) is 0.455. The van der Waals surface area contributed by atoms with E-state index in [0.29, 0.717) is 25.5 Å². The van der Waals surface area contributed by atoms with Crippen molar-refractivity contribution in [1.29, 1.82) is 0 Å². The topological polar surface area (TPSA) is 44.5 Å². The van der Waals surface area contributed by atoms with E-state index >= 15 is 0 Å². The molecule has 0 spiro atoms. The van der Waals surface area contributed by atoms with Crippen LogP contribution in [0.3, 0.4) is 0 Å². The number of nitrogen functional groups attached to an aromatic ring is 1. The van der Waals surface area contributed by atoms with E-state index < -0.39 is 0 Å². The van der Waals surface area contributed by atoms with E-state index in [9.17, 15) is 4.39 Å². The van der Waals surface area contributed by atoms with Crippen molar-refractivity contribution in [3.63, 3.8) is 0 Å². The summed E-state index contributed by atoms with van der Waals surface area (Å²) in [5, 5.41) is 0. The lowest BCUT2D eigenvalue weighted by atomic mass is 10.3. The Labute approximate surface area is 99.1 Å². The van der Waals surface area contributed by atoms with Gasteiger partial charge in [-0.1, -0.05) is 0 Å². The van der Waals surface area contributed by atoms with Crippen molar-refractivity contribution >= 4 is 17.4 Å². The molecule has 0 atom stereocenters. The molecule has 1 aromatic rings. The highest BCUT2D eigenvalue weighted by Crippen LogP contribution is 2.25. The van der Waals surface area contributed by atoms with Crippen LogP contribution in [0.2, 0.25) is 0 Å². The molecule has 0 aromatic heterocycles. The normalized spacial score (nSPS) is 10.6. The van der Waals surface area contributed by atoms with Crippen LogP contribution in [0.15, 0.2) is 23.1 Å². The van der Waals surface area contributed by atoms with Gasteiger partial charge in [-0.15, -0.1) is 11.8 Å². The van der Waals surface area contributed by atoms with Gasteiger partial charge in [0.25, 0.3) is 0 Å². The van der Waals surface area contributed by atoms with E-state index in [1.807, 2.05) is 0 Å². The SMILES string of the molecule is COCCOCCSc1cc(F)ccc1N. The van der Waals surface area contributed by atoms with Crippen LogP contribution in [0.5, 0.6) is 0 Å². The zero-order chi connectivity index (χ0) is 11.8. The van der Waals surface area contributed by atoms with Crippen molar-refractivity contribution in [2.24, 2.45) is 0 Å². The summed E-state index contributed by atoms with van der Waals surface area (Å²) in [7, 11) is 1.63. The summed E-state index contributed by atoms with van der Waals surface area (Å²) in [5.41, 5.74) is 6.30. The predicted octanol–water partition coefficient (Wildman–Crippen LogP) is 2.16. The highest BCUT2D eigenvalue weighted by Gasteiger charge is 2.01. The van der Waals surface area contributed by atoms with E-state index in [2.05, 4.69) is 0 Å². The van der Waals surface area contributed by atoms with Crippen LogP contribution >= 0.6 is 11.8 Å². The average molecular weight is 245 g/mol. The van der Waals surface area contributed by atoms with E-state index in [0.717, 1.165) is 10.6 Å². The summed E-state index contributed by atoms with van der Waals surface area (Å²) in [6.07, 6.45) is 0. The van der Waals surface area contributed by atoms with Crippen LogP contribution in [0.25, 0.3) is 0 Å². The molecule has 0 saturated carbocycles. The molecule has 1 aromatic carbocycles. The number of hydrogen-bond donors (Lipinski definition) is 1. The zero-order valence-electron chi connectivity index (χ0n) is 9.24. The molecule has 0 unspecified atom stereocenters. The fourth-order valence-corrected chi connectivity index (χ4v) is 1.94. The van der Waals surface area contributed by atoms with Gasteiger partial charge in [0.05, 0.1) is 19.8 Å². The standard InChI is InChI=1S/C11H16FNO2S/c1-14-4-5-15-6-7-16-11-8-9(12)2-3-10(11)13/h2-3,8H,4-7,13H2,1H3. The fourth-order valence-electron chi connectivity index (χ4n) is 1.09. The number of halogens is 1. The van der Waals surface area contributed by atoms with Gasteiger partial charge in [-0.25, -0.2) is 4.39 Å². The first-order valence-corrected chi connectivity index (χ1v) is 5.97. The maximum Gasteiger partial charge on any atom is 0.124 e. The summed E-state index contributed by atoms with van der Waals surface area (Å²) in [4.78, 5) is 0.760. The van der Waals surface area contributed by atoms with E-state index in [1.165, 1.54) is 23.9 Å². The van der Waals surface area contributed by atoms with E-state index in [-0.39, 0.29) is 5.82 Å². The number of nitrogens with two attached hydrogens (primary N) is 1. The molecule has 0 saturated heterocycles. The number of thioether (sulfide) groups is 1. The minimum absolute atomic E-state index is 0.267. The van der Waals surface area contributed by atoms with Crippen LogP contribution in [0.1, 0.15) is 0 Å². The van der Waals surface area contributed by atoms with Crippen LogP contribution < -0.4 is 5.73 Å². The van der Waals surface area contributed by atoms with E-state index in [1.54, 1.807) is 13.2 Å². The summed E-state index contributed by atoms with van der Waals surface area (Å²) in [5.74, 6) is 0.481. The Balaban J connectivity index is 2.23. The van der Waals surface area contributed by atoms with Crippen LogP contribution in [-0.2, 0) is 9.47 Å². The minimum atomic E-state index is -0.267. The van der Waals surface area contributed by atoms with Crippen LogP contribution in [0.4, 0.5) is 10.1 Å². The van der Waals surface area contributed by atoms with Crippen molar-refractivity contribution in [2.75, 3.05) is 38.4 Å². The molecule has 90 valence electrons. The number of methoxy groups -OCH3 is 1. The maximum atomic E-state index is 12.9. The molecule has 0 aliphatic heterocycles. The van der Waals surface area contributed by atoms with Crippen LogP contribution in [0, 0.1) is 5.82 Å². The van der Waals surface area contributed by atoms with Gasteiger partial charge in [-0.3, -0.25) is 0 Å². The number of anilines is 1. The van der Waals surface area contributed by atoms with Crippen LogP contribution in [-0.4, -0.2) is 32.7 Å². The molecule has 2 N–H and O–H groups in total. The van der Waals surface area contributed by atoms with Crippen molar-refractivity contribution in [3.8, 4) is 0 Å². The first kappa shape index (κ1) is 13.3. The van der Waals surface area contributed by atoms with Crippen molar-refractivity contribution < 1.29 is 13.9 Å². The molecule has 1 rings (SSSR count). The van der Waals surface area contributed by atoms with Crippen molar-refractivity contribution in [2.45, 2.75) is 4.90 Å². The lowest BCUT2D eigenvalue weighted by Crippen LogP contribution is -2.04. The Morgan fingerprint density at radius 3 is 2.88 bits per heavy atom. The largest absolute Gasteiger partial charge is 0.398 e. The minimum Gasteiger partial charge on any atom is -0.398 e. The number of benzene rings is 1. The highest BCUT2D eigenvalue weighted by molar-refractivity contribution is 7.99. The summed E-state index contributed by atoms with van der Waals surface area (Å²) < 4.78 is 23.0. The summed E-state index contributed by atoms with van der Waals surface area (Å²) in [6, 6.07) is 4.37. The van der Waals surface area contributed by atoms with Crippen molar-refractivity contribution in [1.82, 2.24) is 0 Å². The smallest absolute Gasteiger partial charge is 0.124 e. The summed E-state index contributed by atoms with van der Waals surface area (Å²) in [6.45, 7) is 1.77. The summed E-state index contributed by atoms with van der Waals surface area (Å²) >= 11 is 1.49. The molecule has 0 bridgehead atoms. The molecule has 0 radical (unpaired) electrons. The third-order valence-corrected chi connectivity index (χ3v) is 2.93. The first-order valence-electron chi connectivity index (χ1n) is 4.98.